The fourth-order valence-corrected chi connectivity index (χ4v) is 2.86. The van der Waals surface area contributed by atoms with Crippen LogP contribution >= 0.6 is 0 Å². The third-order valence-corrected chi connectivity index (χ3v) is 4.03. The number of carboxylic acids is 1. The van der Waals surface area contributed by atoms with Gasteiger partial charge in [0.15, 0.2) is 0 Å². The standard InChI is InChI=1S/C13H23N3O4/c1-14-11-9-20-8-10(11)13(19)16-4-2-3-15(5-6-16)7-12(17)18/h10-11,14H,2-9H2,1H3,(H,17,18). The van der Waals surface area contributed by atoms with Crippen molar-refractivity contribution >= 4 is 11.9 Å². The van der Waals surface area contributed by atoms with Gasteiger partial charge in [-0.25, -0.2) is 0 Å². The molecule has 2 atom stereocenters. The van der Waals surface area contributed by atoms with Crippen LogP contribution in [0.2, 0.25) is 0 Å². The summed E-state index contributed by atoms with van der Waals surface area (Å²) in [5, 5.41) is 11.9. The Kier molecular flexibility index (Phi) is 5.33. The molecule has 2 rings (SSSR count). The van der Waals surface area contributed by atoms with Crippen molar-refractivity contribution in [1.29, 1.82) is 0 Å². The molecule has 20 heavy (non-hydrogen) atoms. The van der Waals surface area contributed by atoms with Gasteiger partial charge in [0.2, 0.25) is 5.91 Å². The molecule has 2 heterocycles. The van der Waals surface area contributed by atoms with Gasteiger partial charge in [0.1, 0.15) is 0 Å². The summed E-state index contributed by atoms with van der Waals surface area (Å²) < 4.78 is 5.38. The second kappa shape index (κ2) is 7.01. The molecule has 2 aliphatic rings. The molecule has 0 aromatic rings. The largest absolute Gasteiger partial charge is 0.480 e. The molecule has 2 N–H and O–H groups in total. The molecule has 114 valence electrons. The fourth-order valence-electron chi connectivity index (χ4n) is 2.86. The minimum absolute atomic E-state index is 0.0493. The van der Waals surface area contributed by atoms with Crippen molar-refractivity contribution in [2.75, 3.05) is 53.0 Å². The molecule has 7 nitrogen and oxygen atoms in total. The van der Waals surface area contributed by atoms with Gasteiger partial charge >= 0.3 is 5.97 Å². The van der Waals surface area contributed by atoms with Gasteiger partial charge in [0.05, 0.1) is 25.7 Å². The van der Waals surface area contributed by atoms with Gasteiger partial charge in [0, 0.05) is 32.2 Å². The van der Waals surface area contributed by atoms with E-state index < -0.39 is 5.97 Å². The Morgan fingerprint density at radius 2 is 2.05 bits per heavy atom. The van der Waals surface area contributed by atoms with E-state index in [9.17, 15) is 9.59 Å². The van der Waals surface area contributed by atoms with Crippen molar-refractivity contribution in [3.05, 3.63) is 0 Å². The lowest BCUT2D eigenvalue weighted by Crippen LogP contribution is -2.46. The maximum Gasteiger partial charge on any atom is 0.317 e. The first-order valence-electron chi connectivity index (χ1n) is 7.09. The van der Waals surface area contributed by atoms with E-state index >= 15 is 0 Å². The molecule has 2 saturated heterocycles. The number of amides is 1. The lowest BCUT2D eigenvalue weighted by molar-refractivity contribution is -0.138. The number of nitrogens with zero attached hydrogens (tertiary/aromatic N) is 2. The number of hydrogen-bond donors (Lipinski definition) is 2. The van der Waals surface area contributed by atoms with Gasteiger partial charge < -0.3 is 20.1 Å². The minimum atomic E-state index is -0.816. The highest BCUT2D eigenvalue weighted by molar-refractivity contribution is 5.80. The van der Waals surface area contributed by atoms with Gasteiger partial charge in [0.25, 0.3) is 0 Å². The first-order valence-corrected chi connectivity index (χ1v) is 7.09. The Morgan fingerprint density at radius 3 is 2.75 bits per heavy atom. The lowest BCUT2D eigenvalue weighted by Gasteiger charge is -2.26. The Labute approximate surface area is 118 Å². The number of nitrogens with one attached hydrogen (secondary N) is 1. The third-order valence-electron chi connectivity index (χ3n) is 4.03. The van der Waals surface area contributed by atoms with Crippen molar-refractivity contribution in [3.8, 4) is 0 Å². The van der Waals surface area contributed by atoms with Crippen LogP contribution in [0.1, 0.15) is 6.42 Å². The molecular weight excluding hydrogens is 262 g/mol. The van der Waals surface area contributed by atoms with Gasteiger partial charge in [-0.2, -0.15) is 0 Å². The SMILES string of the molecule is CNC1COCC1C(=O)N1CCCN(CC(=O)O)CC1. The number of rotatable bonds is 4. The predicted molar refractivity (Wildman–Crippen MR) is 72.4 cm³/mol. The van der Waals surface area contributed by atoms with Crippen LogP contribution < -0.4 is 5.32 Å². The third kappa shape index (κ3) is 3.68. The number of hydrogen-bond acceptors (Lipinski definition) is 5. The molecule has 2 unspecified atom stereocenters. The van der Waals surface area contributed by atoms with E-state index in [2.05, 4.69) is 5.32 Å². The molecule has 0 radical (unpaired) electrons. The van der Waals surface area contributed by atoms with Crippen LogP contribution in [0.25, 0.3) is 0 Å². The van der Waals surface area contributed by atoms with E-state index in [4.69, 9.17) is 9.84 Å². The van der Waals surface area contributed by atoms with Crippen molar-refractivity contribution < 1.29 is 19.4 Å². The highest BCUT2D eigenvalue weighted by atomic mass is 16.5. The summed E-state index contributed by atoms with van der Waals surface area (Å²) in [6.07, 6.45) is 0.816. The zero-order chi connectivity index (χ0) is 14.5. The number of carbonyl (C=O) groups is 2. The van der Waals surface area contributed by atoms with E-state index in [0.717, 1.165) is 13.0 Å². The van der Waals surface area contributed by atoms with Crippen LogP contribution in [0.5, 0.6) is 0 Å². The minimum Gasteiger partial charge on any atom is -0.480 e. The predicted octanol–water partition coefficient (Wildman–Crippen LogP) is -1.16. The van der Waals surface area contributed by atoms with Gasteiger partial charge in [-0.05, 0) is 13.5 Å². The van der Waals surface area contributed by atoms with E-state index in [1.165, 1.54) is 0 Å². The number of aliphatic carboxylic acids is 1. The maximum absolute atomic E-state index is 12.5. The maximum atomic E-state index is 12.5. The Hall–Kier alpha value is -1.18. The summed E-state index contributed by atoms with van der Waals surface area (Å²) in [6.45, 7) is 3.74. The quantitative estimate of drug-likeness (QED) is 0.678. The Bertz CT molecular complexity index is 364. The highest BCUT2D eigenvalue weighted by Gasteiger charge is 2.36. The molecule has 2 fully saturated rings. The molecule has 7 heteroatoms. The average molecular weight is 285 g/mol. The summed E-state index contributed by atoms with van der Waals surface area (Å²) in [4.78, 5) is 27.0. The zero-order valence-electron chi connectivity index (χ0n) is 11.9. The molecule has 0 saturated carbocycles. The van der Waals surface area contributed by atoms with Crippen molar-refractivity contribution in [2.45, 2.75) is 12.5 Å². The molecule has 0 aliphatic carbocycles. The number of ether oxygens (including phenoxy) is 1. The first-order chi connectivity index (χ1) is 9.61. The van der Waals surface area contributed by atoms with E-state index in [1.807, 2.05) is 16.8 Å². The van der Waals surface area contributed by atoms with Crippen molar-refractivity contribution in [2.24, 2.45) is 5.92 Å². The Balaban J connectivity index is 1.89. The smallest absolute Gasteiger partial charge is 0.317 e. The molecular formula is C13H23N3O4. The summed E-state index contributed by atoms with van der Waals surface area (Å²) >= 11 is 0. The van der Waals surface area contributed by atoms with E-state index in [1.54, 1.807) is 0 Å². The number of likely N-dealkylation sites (N-methyl/N-ethyl adjacent to an activating group) is 1. The van der Waals surface area contributed by atoms with Gasteiger partial charge in [-0.15, -0.1) is 0 Å². The normalized spacial score (nSPS) is 28.4. The van der Waals surface area contributed by atoms with Crippen LogP contribution in [0.4, 0.5) is 0 Å². The van der Waals surface area contributed by atoms with Crippen LogP contribution in [0.15, 0.2) is 0 Å². The summed E-state index contributed by atoms with van der Waals surface area (Å²) in [5.41, 5.74) is 0. The molecule has 1 amide bonds. The number of carbonyl (C=O) groups excluding carboxylic acids is 1. The first kappa shape index (κ1) is 15.2. The Morgan fingerprint density at radius 1 is 1.25 bits per heavy atom. The van der Waals surface area contributed by atoms with Gasteiger partial charge in [-0.3, -0.25) is 14.5 Å². The van der Waals surface area contributed by atoms with E-state index in [0.29, 0.717) is 32.8 Å². The highest BCUT2D eigenvalue weighted by Crippen LogP contribution is 2.17. The lowest BCUT2D eigenvalue weighted by atomic mass is 10.0. The fraction of sp³-hybridized carbons (Fsp3) is 0.846. The molecule has 2 aliphatic heterocycles. The summed E-state index contributed by atoms with van der Waals surface area (Å²) in [7, 11) is 1.84. The van der Waals surface area contributed by atoms with Gasteiger partial charge in [-0.1, -0.05) is 0 Å². The second-order valence-corrected chi connectivity index (χ2v) is 5.39. The average Bonchev–Trinajstić information content (AvgIpc) is 2.77. The molecule has 0 aromatic carbocycles. The molecule has 0 aromatic heterocycles. The van der Waals surface area contributed by atoms with Crippen LogP contribution in [0.3, 0.4) is 0 Å². The molecule has 0 spiro atoms. The molecule has 0 bridgehead atoms. The van der Waals surface area contributed by atoms with Crippen molar-refractivity contribution in [3.63, 3.8) is 0 Å². The van der Waals surface area contributed by atoms with Crippen LogP contribution in [0, 0.1) is 5.92 Å². The monoisotopic (exact) mass is 285 g/mol. The second-order valence-electron chi connectivity index (χ2n) is 5.39. The van der Waals surface area contributed by atoms with Crippen LogP contribution in [-0.4, -0.2) is 85.8 Å². The summed E-state index contributed by atoms with van der Waals surface area (Å²) in [5.74, 6) is -0.811. The van der Waals surface area contributed by atoms with Crippen molar-refractivity contribution in [1.82, 2.24) is 15.1 Å². The topological polar surface area (TPSA) is 82.1 Å². The van der Waals surface area contributed by atoms with Crippen LogP contribution in [-0.2, 0) is 14.3 Å². The summed E-state index contributed by atoms with van der Waals surface area (Å²) in [6, 6.07) is 0.0841. The zero-order valence-corrected chi connectivity index (χ0v) is 11.9. The number of carboxylic acid groups (broad SMARTS) is 1. The van der Waals surface area contributed by atoms with E-state index in [-0.39, 0.29) is 24.4 Å².